The van der Waals surface area contributed by atoms with Crippen molar-refractivity contribution in [1.29, 1.82) is 0 Å². The summed E-state index contributed by atoms with van der Waals surface area (Å²) >= 11 is 0. The van der Waals surface area contributed by atoms with Gasteiger partial charge in [-0.1, -0.05) is 6.07 Å². The Morgan fingerprint density at radius 1 is 1.15 bits per heavy atom. The fourth-order valence-corrected chi connectivity index (χ4v) is 2.51. The van der Waals surface area contributed by atoms with Crippen LogP contribution in [0.5, 0.6) is 5.75 Å². The van der Waals surface area contributed by atoms with Crippen molar-refractivity contribution in [3.05, 3.63) is 59.4 Å². The number of rotatable bonds is 5. The van der Waals surface area contributed by atoms with Crippen molar-refractivity contribution >= 4 is 28.5 Å². The lowest BCUT2D eigenvalue weighted by Crippen LogP contribution is -2.22. The van der Waals surface area contributed by atoms with E-state index in [1.165, 1.54) is 13.2 Å². The maximum absolute atomic E-state index is 13.5. The van der Waals surface area contributed by atoms with Gasteiger partial charge < -0.3 is 19.2 Å². The van der Waals surface area contributed by atoms with Crippen molar-refractivity contribution in [2.24, 2.45) is 0 Å². The molecule has 0 unspecified atom stereocenters. The smallest absolute Gasteiger partial charge is 0.375 e. The molecule has 2 aromatic carbocycles. The second kappa shape index (κ2) is 7.45. The lowest BCUT2D eigenvalue weighted by atomic mass is 10.1. The second-order valence-electron chi connectivity index (χ2n) is 5.64. The van der Waals surface area contributed by atoms with Crippen molar-refractivity contribution < 1.29 is 32.3 Å². The molecule has 0 radical (unpaired) electrons. The van der Waals surface area contributed by atoms with Gasteiger partial charge >= 0.3 is 5.97 Å². The molecule has 3 rings (SSSR count). The van der Waals surface area contributed by atoms with E-state index < -0.39 is 35.8 Å². The number of amides is 1. The Kier molecular flexibility index (Phi) is 5.07. The molecule has 0 saturated carbocycles. The highest BCUT2D eigenvalue weighted by Gasteiger charge is 2.21. The number of methoxy groups -OCH3 is 1. The number of halogens is 2. The quantitative estimate of drug-likeness (QED) is 0.686. The van der Waals surface area contributed by atoms with E-state index in [1.54, 1.807) is 25.1 Å². The van der Waals surface area contributed by atoms with Crippen molar-refractivity contribution in [2.75, 3.05) is 19.0 Å². The molecule has 0 saturated heterocycles. The summed E-state index contributed by atoms with van der Waals surface area (Å²) in [5, 5.41) is 2.69. The molecule has 6 nitrogen and oxygen atoms in total. The second-order valence-corrected chi connectivity index (χ2v) is 5.64. The molecule has 1 heterocycles. The molecule has 140 valence electrons. The molecule has 1 N–H and O–H groups in total. The summed E-state index contributed by atoms with van der Waals surface area (Å²) in [5.74, 6) is -3.09. The average Bonchev–Trinajstić information content (AvgIpc) is 2.99. The summed E-state index contributed by atoms with van der Waals surface area (Å²) in [4.78, 5) is 24.0. The number of nitrogens with one attached hydrogen (secondary N) is 1. The number of esters is 1. The zero-order valence-electron chi connectivity index (χ0n) is 14.5. The average molecular weight is 375 g/mol. The van der Waals surface area contributed by atoms with E-state index in [1.807, 2.05) is 5.32 Å². The number of fused-ring (bicyclic) bond motifs is 1. The van der Waals surface area contributed by atoms with Crippen LogP contribution < -0.4 is 10.1 Å². The molecule has 1 amide bonds. The van der Waals surface area contributed by atoms with Gasteiger partial charge in [-0.2, -0.15) is 0 Å². The van der Waals surface area contributed by atoms with Crippen LogP contribution in [0.1, 0.15) is 16.1 Å². The van der Waals surface area contributed by atoms with E-state index in [9.17, 15) is 18.4 Å². The number of hydrogen-bond acceptors (Lipinski definition) is 5. The highest BCUT2D eigenvalue weighted by molar-refractivity contribution is 5.98. The molecule has 0 bridgehead atoms. The third-order valence-corrected chi connectivity index (χ3v) is 3.89. The zero-order valence-corrected chi connectivity index (χ0v) is 14.5. The highest BCUT2D eigenvalue weighted by atomic mass is 19.1. The number of hydrogen-bond donors (Lipinski definition) is 1. The molecule has 0 atom stereocenters. The van der Waals surface area contributed by atoms with E-state index in [2.05, 4.69) is 0 Å². The number of anilines is 1. The van der Waals surface area contributed by atoms with Crippen LogP contribution in [0, 0.1) is 18.6 Å². The van der Waals surface area contributed by atoms with Gasteiger partial charge in [0, 0.05) is 10.9 Å². The van der Waals surface area contributed by atoms with Crippen LogP contribution in [0.2, 0.25) is 0 Å². The summed E-state index contributed by atoms with van der Waals surface area (Å²) < 4.78 is 42.5. The van der Waals surface area contributed by atoms with Gasteiger partial charge in [-0.05, 0) is 37.3 Å². The first kappa shape index (κ1) is 18.4. The molecule has 27 heavy (non-hydrogen) atoms. The lowest BCUT2D eigenvalue weighted by molar-refractivity contribution is -0.119. The van der Waals surface area contributed by atoms with Gasteiger partial charge in [0.1, 0.15) is 28.7 Å². The van der Waals surface area contributed by atoms with Gasteiger partial charge in [-0.3, -0.25) is 4.79 Å². The Bertz CT molecular complexity index is 1010. The predicted octanol–water partition coefficient (Wildman–Crippen LogP) is 3.82. The Morgan fingerprint density at radius 2 is 1.85 bits per heavy atom. The van der Waals surface area contributed by atoms with Crippen LogP contribution in [0.15, 0.2) is 40.8 Å². The van der Waals surface area contributed by atoms with Gasteiger partial charge in [-0.15, -0.1) is 0 Å². The van der Waals surface area contributed by atoms with Crippen molar-refractivity contribution in [3.8, 4) is 5.75 Å². The molecule has 0 spiro atoms. The van der Waals surface area contributed by atoms with Gasteiger partial charge in [0.15, 0.2) is 6.61 Å². The normalized spacial score (nSPS) is 10.7. The number of para-hydroxylation sites is 1. The summed E-state index contributed by atoms with van der Waals surface area (Å²) in [7, 11) is 1.52. The number of carbonyl (C=O) groups excluding carboxylic acids is 2. The van der Waals surface area contributed by atoms with Gasteiger partial charge in [0.25, 0.3) is 5.91 Å². The molecule has 0 aliphatic heterocycles. The maximum atomic E-state index is 13.5. The summed E-state index contributed by atoms with van der Waals surface area (Å²) in [5.41, 5.74) is 0.373. The number of carbonyl (C=O) groups is 2. The van der Waals surface area contributed by atoms with Crippen LogP contribution in [-0.2, 0) is 9.53 Å². The van der Waals surface area contributed by atoms with E-state index in [-0.39, 0.29) is 5.76 Å². The number of ether oxygens (including phenoxy) is 2. The van der Waals surface area contributed by atoms with Crippen LogP contribution in [-0.4, -0.2) is 25.6 Å². The van der Waals surface area contributed by atoms with E-state index >= 15 is 0 Å². The van der Waals surface area contributed by atoms with E-state index in [0.717, 1.165) is 12.1 Å². The Balaban J connectivity index is 1.70. The van der Waals surface area contributed by atoms with Crippen molar-refractivity contribution in [1.82, 2.24) is 0 Å². The van der Waals surface area contributed by atoms with Crippen LogP contribution in [0.3, 0.4) is 0 Å². The number of furan rings is 1. The summed E-state index contributed by atoms with van der Waals surface area (Å²) in [6, 6.07) is 8.19. The van der Waals surface area contributed by atoms with Gasteiger partial charge in [0.05, 0.1) is 7.11 Å². The Hall–Kier alpha value is -3.42. The molecule has 0 aliphatic carbocycles. The fraction of sp³-hybridized carbons (Fsp3) is 0.158. The van der Waals surface area contributed by atoms with Crippen LogP contribution >= 0.6 is 0 Å². The van der Waals surface area contributed by atoms with Crippen LogP contribution in [0.4, 0.5) is 14.5 Å². The largest absolute Gasteiger partial charge is 0.497 e. The predicted molar refractivity (Wildman–Crippen MR) is 92.8 cm³/mol. The molecule has 1 aromatic heterocycles. The molecule has 3 aromatic rings. The standard InChI is InChI=1S/C19H15F2NO5/c1-10-12-8-11(25-2)6-7-15(12)27-18(10)19(24)26-9-16(23)22-17-13(20)4-3-5-14(17)21/h3-8H,9H2,1-2H3,(H,22,23). The third kappa shape index (κ3) is 3.74. The molecule has 8 heteroatoms. The Labute approximate surface area is 152 Å². The fourth-order valence-electron chi connectivity index (χ4n) is 2.51. The summed E-state index contributed by atoms with van der Waals surface area (Å²) in [6.07, 6.45) is 0. The van der Waals surface area contributed by atoms with Crippen molar-refractivity contribution in [3.63, 3.8) is 0 Å². The highest BCUT2D eigenvalue weighted by Crippen LogP contribution is 2.29. The first-order valence-corrected chi connectivity index (χ1v) is 7.89. The maximum Gasteiger partial charge on any atom is 0.375 e. The topological polar surface area (TPSA) is 77.8 Å². The zero-order chi connectivity index (χ0) is 19.6. The van der Waals surface area contributed by atoms with E-state index in [4.69, 9.17) is 13.9 Å². The molecular weight excluding hydrogens is 360 g/mol. The Morgan fingerprint density at radius 3 is 2.52 bits per heavy atom. The van der Waals surface area contributed by atoms with Gasteiger partial charge in [0.2, 0.25) is 5.76 Å². The molecule has 0 aliphatic rings. The number of benzene rings is 2. The molecule has 0 fully saturated rings. The van der Waals surface area contributed by atoms with Crippen molar-refractivity contribution in [2.45, 2.75) is 6.92 Å². The first-order valence-electron chi connectivity index (χ1n) is 7.89. The lowest BCUT2D eigenvalue weighted by Gasteiger charge is -2.07. The monoisotopic (exact) mass is 375 g/mol. The van der Waals surface area contributed by atoms with Crippen LogP contribution in [0.25, 0.3) is 11.0 Å². The summed E-state index contributed by atoms with van der Waals surface area (Å²) in [6.45, 7) is 0.934. The third-order valence-electron chi connectivity index (χ3n) is 3.89. The SMILES string of the molecule is COc1ccc2oc(C(=O)OCC(=O)Nc3c(F)cccc3F)c(C)c2c1. The minimum absolute atomic E-state index is 0.0666. The number of aryl methyl sites for hydroxylation is 1. The van der Waals surface area contributed by atoms with Gasteiger partial charge in [-0.25, -0.2) is 13.6 Å². The minimum Gasteiger partial charge on any atom is -0.497 e. The van der Waals surface area contributed by atoms with E-state index in [0.29, 0.717) is 22.3 Å². The first-order chi connectivity index (χ1) is 12.9. The molecular formula is C19H15F2NO5. The minimum atomic E-state index is -0.934.